The van der Waals surface area contributed by atoms with Gasteiger partial charge in [0.05, 0.1) is 43.8 Å². The normalized spacial score (nSPS) is 16.4. The Morgan fingerprint density at radius 1 is 1.22 bits per heavy atom. The van der Waals surface area contributed by atoms with Gasteiger partial charge in [-0.3, -0.25) is 14.6 Å². The van der Waals surface area contributed by atoms with Crippen molar-refractivity contribution in [2.75, 3.05) is 27.2 Å². The van der Waals surface area contributed by atoms with E-state index in [9.17, 15) is 14.0 Å². The highest BCUT2D eigenvalue weighted by Crippen LogP contribution is 2.36. The zero-order chi connectivity index (χ0) is 19.1. The van der Waals surface area contributed by atoms with Crippen LogP contribution in [-0.2, 0) is 0 Å². The molecule has 0 aliphatic carbocycles. The third-order valence-corrected chi connectivity index (χ3v) is 4.75. The van der Waals surface area contributed by atoms with E-state index in [2.05, 4.69) is 4.98 Å². The molecule has 1 aliphatic rings. The number of halogens is 1. The molecule has 1 atom stereocenters. The van der Waals surface area contributed by atoms with E-state index in [1.54, 1.807) is 23.2 Å². The van der Waals surface area contributed by atoms with Gasteiger partial charge in [-0.2, -0.15) is 0 Å². The third-order valence-electron chi connectivity index (χ3n) is 4.75. The Balaban J connectivity index is 1.95. The van der Waals surface area contributed by atoms with Gasteiger partial charge in [-0.25, -0.2) is 4.39 Å². The van der Waals surface area contributed by atoms with Crippen LogP contribution in [0, 0.1) is 5.82 Å². The zero-order valence-electron chi connectivity index (χ0n) is 15.0. The van der Waals surface area contributed by atoms with Gasteiger partial charge in [0.15, 0.2) is 5.43 Å². The summed E-state index contributed by atoms with van der Waals surface area (Å²) in [6.07, 6.45) is 1.62. The lowest BCUT2D eigenvalue weighted by Crippen LogP contribution is -3.06. The van der Waals surface area contributed by atoms with Crippen molar-refractivity contribution in [3.05, 3.63) is 75.7 Å². The number of carbonyl (C=O) groups excluding carboxylic acids is 1. The first-order valence-electron chi connectivity index (χ1n) is 8.74. The first-order valence-corrected chi connectivity index (χ1v) is 8.74. The highest BCUT2D eigenvalue weighted by molar-refractivity contribution is 5.98. The van der Waals surface area contributed by atoms with Crippen molar-refractivity contribution in [1.29, 1.82) is 0 Å². The summed E-state index contributed by atoms with van der Waals surface area (Å²) in [5.74, 6) is -0.852. The van der Waals surface area contributed by atoms with Gasteiger partial charge in [-0.1, -0.05) is 6.07 Å². The molecule has 1 aliphatic heterocycles. The van der Waals surface area contributed by atoms with Crippen molar-refractivity contribution >= 4 is 16.9 Å². The fraction of sp³-hybridized carbons (Fsp3) is 0.250. The first-order chi connectivity index (χ1) is 13.0. The molecule has 0 unspecified atom stereocenters. The summed E-state index contributed by atoms with van der Waals surface area (Å²) in [7, 11) is 3.98. The van der Waals surface area contributed by atoms with Crippen molar-refractivity contribution in [1.82, 2.24) is 9.88 Å². The number of quaternary nitrogens is 1. The van der Waals surface area contributed by atoms with Crippen molar-refractivity contribution in [2.24, 2.45) is 0 Å². The van der Waals surface area contributed by atoms with E-state index in [0.717, 1.165) is 6.07 Å². The number of hydrogen-bond donors (Lipinski definition) is 1. The number of carbonyl (C=O) groups is 1. The number of rotatable bonds is 4. The SMILES string of the molecule is C[NH+](C)CCN1C(=O)c2oc3ccc(F)cc3c(=O)c2[C@@H]1c1ccccn1. The van der Waals surface area contributed by atoms with Crippen LogP contribution in [0.4, 0.5) is 4.39 Å². The summed E-state index contributed by atoms with van der Waals surface area (Å²) >= 11 is 0. The Morgan fingerprint density at radius 2 is 2.04 bits per heavy atom. The monoisotopic (exact) mass is 368 g/mol. The van der Waals surface area contributed by atoms with Crippen LogP contribution in [0.15, 0.2) is 51.8 Å². The van der Waals surface area contributed by atoms with E-state index in [1.807, 2.05) is 20.2 Å². The molecular weight excluding hydrogens is 349 g/mol. The van der Waals surface area contributed by atoms with Gasteiger partial charge in [0.2, 0.25) is 5.76 Å². The van der Waals surface area contributed by atoms with E-state index >= 15 is 0 Å². The quantitative estimate of drug-likeness (QED) is 0.747. The number of pyridine rings is 1. The fourth-order valence-corrected chi connectivity index (χ4v) is 3.41. The largest absolute Gasteiger partial charge is 0.450 e. The molecule has 1 aromatic carbocycles. The molecule has 0 fully saturated rings. The third kappa shape index (κ3) is 2.90. The summed E-state index contributed by atoms with van der Waals surface area (Å²) < 4.78 is 19.4. The predicted molar refractivity (Wildman–Crippen MR) is 97.2 cm³/mol. The molecule has 4 rings (SSSR count). The molecule has 138 valence electrons. The standard InChI is InChI=1S/C20H18FN3O3/c1-23(2)9-10-24-17(14-5-3-4-8-22-14)16-18(25)13-11-12(21)6-7-15(13)27-19(16)20(24)26/h3-8,11,17H,9-10H2,1-2H3/p+1/t17-/m0/s1. The number of fused-ring (bicyclic) bond motifs is 2. The molecule has 27 heavy (non-hydrogen) atoms. The van der Waals surface area contributed by atoms with E-state index in [0.29, 0.717) is 18.8 Å². The van der Waals surface area contributed by atoms with Gasteiger partial charge >= 0.3 is 0 Å². The second-order valence-electron chi connectivity index (χ2n) is 6.93. The second-order valence-corrected chi connectivity index (χ2v) is 6.93. The average molecular weight is 368 g/mol. The molecule has 6 nitrogen and oxygen atoms in total. The average Bonchev–Trinajstić information content (AvgIpc) is 2.94. The minimum Gasteiger partial charge on any atom is -0.450 e. The van der Waals surface area contributed by atoms with Crippen molar-refractivity contribution in [3.8, 4) is 0 Å². The number of nitrogens with one attached hydrogen (secondary N) is 1. The molecule has 2 aromatic heterocycles. The van der Waals surface area contributed by atoms with Crippen LogP contribution in [0.2, 0.25) is 0 Å². The number of likely N-dealkylation sites (N-methyl/N-ethyl adjacent to an activating group) is 1. The molecular formula is C20H19FN3O3+. The topological polar surface area (TPSA) is 67.8 Å². The Kier molecular flexibility index (Phi) is 4.24. The lowest BCUT2D eigenvalue weighted by atomic mass is 10.0. The number of nitrogens with zero attached hydrogens (tertiary/aromatic N) is 2. The molecule has 1 amide bonds. The summed E-state index contributed by atoms with van der Waals surface area (Å²) in [5, 5.41) is 0.127. The van der Waals surface area contributed by atoms with Gasteiger partial charge in [-0.05, 0) is 30.3 Å². The second kappa shape index (κ2) is 6.59. The Bertz CT molecular complexity index is 1080. The molecule has 3 aromatic rings. The molecule has 0 spiro atoms. The van der Waals surface area contributed by atoms with Crippen LogP contribution in [0.5, 0.6) is 0 Å². The van der Waals surface area contributed by atoms with Crippen LogP contribution in [0.1, 0.15) is 27.9 Å². The number of amides is 1. The zero-order valence-corrected chi connectivity index (χ0v) is 15.0. The molecule has 3 heterocycles. The maximum Gasteiger partial charge on any atom is 0.291 e. The van der Waals surface area contributed by atoms with Gasteiger partial charge in [0, 0.05) is 6.20 Å². The maximum absolute atomic E-state index is 13.7. The van der Waals surface area contributed by atoms with Crippen LogP contribution >= 0.6 is 0 Å². The lowest BCUT2D eigenvalue weighted by Gasteiger charge is -2.24. The highest BCUT2D eigenvalue weighted by atomic mass is 19.1. The number of aromatic nitrogens is 1. The van der Waals surface area contributed by atoms with Gasteiger partial charge in [0.25, 0.3) is 5.91 Å². The summed E-state index contributed by atoms with van der Waals surface area (Å²) in [6.45, 7) is 1.14. The van der Waals surface area contributed by atoms with Crippen LogP contribution in [-0.4, -0.2) is 43.0 Å². The van der Waals surface area contributed by atoms with Crippen LogP contribution < -0.4 is 10.3 Å². The number of hydrogen-bond acceptors (Lipinski definition) is 4. The fourth-order valence-electron chi connectivity index (χ4n) is 3.41. The van der Waals surface area contributed by atoms with Gasteiger partial charge in [0.1, 0.15) is 17.4 Å². The van der Waals surface area contributed by atoms with Gasteiger partial charge in [-0.15, -0.1) is 0 Å². The minimum absolute atomic E-state index is 0.0171. The number of benzene rings is 1. The smallest absolute Gasteiger partial charge is 0.291 e. The van der Waals surface area contributed by atoms with E-state index < -0.39 is 17.3 Å². The summed E-state index contributed by atoms with van der Waals surface area (Å²) in [6, 6.07) is 8.45. The molecule has 0 saturated heterocycles. The lowest BCUT2D eigenvalue weighted by molar-refractivity contribution is -0.857. The molecule has 0 bridgehead atoms. The molecule has 7 heteroatoms. The van der Waals surface area contributed by atoms with Crippen LogP contribution in [0.3, 0.4) is 0 Å². The van der Waals surface area contributed by atoms with E-state index in [-0.39, 0.29) is 28.2 Å². The minimum atomic E-state index is -0.642. The predicted octanol–water partition coefficient (Wildman–Crippen LogP) is 1.02. The van der Waals surface area contributed by atoms with Crippen molar-refractivity contribution in [2.45, 2.75) is 6.04 Å². The first kappa shape index (κ1) is 17.4. The van der Waals surface area contributed by atoms with Crippen LogP contribution in [0.25, 0.3) is 11.0 Å². The highest BCUT2D eigenvalue weighted by Gasteiger charge is 2.43. The summed E-state index contributed by atoms with van der Waals surface area (Å²) in [5.41, 5.74) is 0.620. The van der Waals surface area contributed by atoms with E-state index in [1.165, 1.54) is 17.0 Å². The molecule has 0 radical (unpaired) electrons. The van der Waals surface area contributed by atoms with Crippen molar-refractivity contribution in [3.63, 3.8) is 0 Å². The van der Waals surface area contributed by atoms with E-state index in [4.69, 9.17) is 4.42 Å². The van der Waals surface area contributed by atoms with Gasteiger partial charge < -0.3 is 14.2 Å². The van der Waals surface area contributed by atoms with Crippen molar-refractivity contribution < 1.29 is 18.5 Å². The maximum atomic E-state index is 13.7. The Labute approximate surface area is 154 Å². The molecule has 1 N–H and O–H groups in total. The molecule has 0 saturated carbocycles. The Morgan fingerprint density at radius 3 is 2.74 bits per heavy atom. The summed E-state index contributed by atoms with van der Waals surface area (Å²) in [4.78, 5) is 33.3. The Hall–Kier alpha value is -3.06.